The number of urea groups is 1. The Balaban J connectivity index is 2.20. The van der Waals surface area contributed by atoms with Gasteiger partial charge in [0.2, 0.25) is 0 Å². The minimum atomic E-state index is -0.534. The van der Waals surface area contributed by atoms with Crippen LogP contribution in [0.25, 0.3) is 0 Å². The molecule has 1 rings (SSSR count). The van der Waals surface area contributed by atoms with Gasteiger partial charge in [-0.2, -0.15) is 0 Å². The van der Waals surface area contributed by atoms with Gasteiger partial charge in [0.05, 0.1) is 6.42 Å². The Morgan fingerprint density at radius 1 is 1.09 bits per heavy atom. The Labute approximate surface area is 130 Å². The first-order chi connectivity index (χ1) is 10.3. The van der Waals surface area contributed by atoms with Crippen molar-refractivity contribution in [1.29, 1.82) is 0 Å². The number of esters is 1. The van der Waals surface area contributed by atoms with E-state index in [1.54, 1.807) is 45.0 Å². The zero-order valence-corrected chi connectivity index (χ0v) is 13.1. The standard InChI is InChI=1S/C16H22N2O4/c1-16(2,3)13(19)11-22-14(20)9-10-17-15(21)18-12-7-5-4-6-8-12/h4-8H,9-11H2,1-3H3,(H2,17,18,21). The molecule has 0 radical (unpaired) electrons. The van der Waals surface area contributed by atoms with Crippen LogP contribution in [0.3, 0.4) is 0 Å². The largest absolute Gasteiger partial charge is 0.458 e. The highest BCUT2D eigenvalue weighted by Crippen LogP contribution is 2.14. The molecule has 0 aliphatic rings. The maximum Gasteiger partial charge on any atom is 0.319 e. The molecule has 6 heteroatoms. The monoisotopic (exact) mass is 306 g/mol. The fourth-order valence-electron chi connectivity index (χ4n) is 1.41. The smallest absolute Gasteiger partial charge is 0.319 e. The van der Waals surface area contributed by atoms with E-state index in [1.165, 1.54) is 0 Å². The predicted octanol–water partition coefficient (Wildman–Crippen LogP) is 2.36. The van der Waals surface area contributed by atoms with Crippen molar-refractivity contribution < 1.29 is 19.1 Å². The number of hydrogen-bond donors (Lipinski definition) is 2. The first-order valence-electron chi connectivity index (χ1n) is 7.08. The third-order valence-electron chi connectivity index (χ3n) is 2.85. The summed E-state index contributed by atoms with van der Waals surface area (Å²) < 4.78 is 4.87. The fourth-order valence-corrected chi connectivity index (χ4v) is 1.41. The summed E-state index contributed by atoms with van der Waals surface area (Å²) in [6, 6.07) is 8.57. The number of benzene rings is 1. The minimum absolute atomic E-state index is 0.0135. The molecule has 0 aliphatic carbocycles. The van der Waals surface area contributed by atoms with E-state index in [0.29, 0.717) is 5.69 Å². The number of rotatable bonds is 6. The number of hydrogen-bond acceptors (Lipinski definition) is 4. The summed E-state index contributed by atoms with van der Waals surface area (Å²) in [4.78, 5) is 34.6. The molecule has 0 saturated heterocycles. The van der Waals surface area contributed by atoms with Crippen molar-refractivity contribution >= 4 is 23.5 Å². The van der Waals surface area contributed by atoms with Gasteiger partial charge in [-0.1, -0.05) is 39.0 Å². The molecular weight excluding hydrogens is 284 g/mol. The molecule has 0 aliphatic heterocycles. The Morgan fingerprint density at radius 2 is 1.73 bits per heavy atom. The van der Waals surface area contributed by atoms with Crippen molar-refractivity contribution in [3.63, 3.8) is 0 Å². The molecule has 1 aromatic carbocycles. The Morgan fingerprint density at radius 3 is 2.32 bits per heavy atom. The topological polar surface area (TPSA) is 84.5 Å². The number of ether oxygens (including phenoxy) is 1. The Kier molecular flexibility index (Phi) is 6.56. The lowest BCUT2D eigenvalue weighted by molar-refractivity contribution is -0.149. The second kappa shape index (κ2) is 8.17. The van der Waals surface area contributed by atoms with Gasteiger partial charge >= 0.3 is 12.0 Å². The lowest BCUT2D eigenvalue weighted by atomic mass is 9.91. The first kappa shape index (κ1) is 17.7. The Bertz CT molecular complexity index is 521. The maximum atomic E-state index is 11.6. The minimum Gasteiger partial charge on any atom is -0.458 e. The number of amides is 2. The van der Waals surface area contributed by atoms with E-state index in [1.807, 2.05) is 6.07 Å². The number of ketones is 1. The number of carbonyl (C=O) groups excluding carboxylic acids is 3. The van der Waals surface area contributed by atoms with E-state index in [9.17, 15) is 14.4 Å². The predicted molar refractivity (Wildman–Crippen MR) is 83.5 cm³/mol. The summed E-state index contributed by atoms with van der Waals surface area (Å²) in [6.45, 7) is 5.19. The van der Waals surface area contributed by atoms with Crippen LogP contribution in [0.15, 0.2) is 30.3 Å². The molecule has 0 atom stereocenters. The van der Waals surface area contributed by atoms with E-state index in [2.05, 4.69) is 10.6 Å². The molecule has 0 aromatic heterocycles. The third-order valence-corrected chi connectivity index (χ3v) is 2.85. The molecule has 1 aromatic rings. The zero-order valence-electron chi connectivity index (χ0n) is 13.1. The SMILES string of the molecule is CC(C)(C)C(=O)COC(=O)CCNC(=O)Nc1ccccc1. The number of carbonyl (C=O) groups is 3. The zero-order chi connectivity index (χ0) is 16.6. The van der Waals surface area contributed by atoms with Crippen LogP contribution in [0.2, 0.25) is 0 Å². The molecule has 0 heterocycles. The van der Waals surface area contributed by atoms with E-state index in [0.717, 1.165) is 0 Å². The van der Waals surface area contributed by atoms with Crippen LogP contribution in [0.1, 0.15) is 27.2 Å². The van der Waals surface area contributed by atoms with E-state index in [4.69, 9.17) is 4.74 Å². The van der Waals surface area contributed by atoms with Crippen molar-refractivity contribution in [3.05, 3.63) is 30.3 Å². The molecule has 0 spiro atoms. The summed E-state index contributed by atoms with van der Waals surface area (Å²) in [5, 5.41) is 5.17. The average Bonchev–Trinajstić information content (AvgIpc) is 2.44. The quantitative estimate of drug-likeness (QED) is 0.790. The van der Waals surface area contributed by atoms with E-state index >= 15 is 0 Å². The molecule has 0 bridgehead atoms. The molecule has 0 saturated carbocycles. The molecule has 6 nitrogen and oxygen atoms in total. The van der Waals surface area contributed by atoms with Gasteiger partial charge in [-0.3, -0.25) is 9.59 Å². The summed E-state index contributed by atoms with van der Waals surface area (Å²) in [6.07, 6.45) is 0.0135. The second-order valence-electron chi connectivity index (χ2n) is 5.83. The van der Waals surface area contributed by atoms with Gasteiger partial charge in [-0.15, -0.1) is 0 Å². The van der Waals surface area contributed by atoms with E-state index in [-0.39, 0.29) is 25.4 Å². The van der Waals surface area contributed by atoms with Crippen molar-refractivity contribution in [2.75, 3.05) is 18.5 Å². The lowest BCUT2D eigenvalue weighted by Gasteiger charge is -2.16. The molecular formula is C16H22N2O4. The maximum absolute atomic E-state index is 11.6. The van der Waals surface area contributed by atoms with E-state index < -0.39 is 17.4 Å². The van der Waals surface area contributed by atoms with Gasteiger partial charge in [-0.05, 0) is 12.1 Å². The number of nitrogens with one attached hydrogen (secondary N) is 2. The van der Waals surface area contributed by atoms with Crippen molar-refractivity contribution in [2.24, 2.45) is 5.41 Å². The van der Waals surface area contributed by atoms with Gasteiger partial charge in [0.15, 0.2) is 12.4 Å². The van der Waals surface area contributed by atoms with Crippen molar-refractivity contribution in [1.82, 2.24) is 5.32 Å². The number of Topliss-reactive ketones (excluding diaryl/α,β-unsaturated/α-hetero) is 1. The van der Waals surface area contributed by atoms with Gasteiger partial charge in [-0.25, -0.2) is 4.79 Å². The highest BCUT2D eigenvalue weighted by Gasteiger charge is 2.22. The van der Waals surface area contributed by atoms with Crippen LogP contribution < -0.4 is 10.6 Å². The normalized spacial score (nSPS) is 10.7. The summed E-state index contributed by atoms with van der Waals surface area (Å²) in [5.74, 6) is -0.659. The Hall–Kier alpha value is -2.37. The molecule has 2 amide bonds. The molecule has 0 unspecified atom stereocenters. The van der Waals surface area contributed by atoms with Crippen LogP contribution in [0.5, 0.6) is 0 Å². The van der Waals surface area contributed by atoms with Gasteiger partial charge in [0.25, 0.3) is 0 Å². The lowest BCUT2D eigenvalue weighted by Crippen LogP contribution is -2.31. The van der Waals surface area contributed by atoms with Gasteiger partial charge in [0, 0.05) is 17.6 Å². The van der Waals surface area contributed by atoms with Crippen LogP contribution >= 0.6 is 0 Å². The van der Waals surface area contributed by atoms with Gasteiger partial charge in [0.1, 0.15) is 0 Å². The third kappa shape index (κ3) is 6.88. The highest BCUT2D eigenvalue weighted by molar-refractivity contribution is 5.89. The number of para-hydroxylation sites is 1. The second-order valence-corrected chi connectivity index (χ2v) is 5.83. The first-order valence-corrected chi connectivity index (χ1v) is 7.08. The molecule has 0 fully saturated rings. The van der Waals surface area contributed by atoms with Crippen LogP contribution in [-0.2, 0) is 14.3 Å². The summed E-state index contributed by atoms with van der Waals surface area (Å²) in [5.41, 5.74) is 0.132. The van der Waals surface area contributed by atoms with Crippen molar-refractivity contribution in [3.8, 4) is 0 Å². The summed E-state index contributed by atoms with van der Waals surface area (Å²) >= 11 is 0. The van der Waals surface area contributed by atoms with Crippen LogP contribution in [0.4, 0.5) is 10.5 Å². The highest BCUT2D eigenvalue weighted by atomic mass is 16.5. The van der Waals surface area contributed by atoms with Gasteiger partial charge < -0.3 is 15.4 Å². The fraction of sp³-hybridized carbons (Fsp3) is 0.438. The molecule has 120 valence electrons. The average molecular weight is 306 g/mol. The molecule has 22 heavy (non-hydrogen) atoms. The van der Waals surface area contributed by atoms with Crippen LogP contribution in [-0.4, -0.2) is 30.9 Å². The molecule has 2 N–H and O–H groups in total. The summed E-state index contributed by atoms with van der Waals surface area (Å²) in [7, 11) is 0. The van der Waals surface area contributed by atoms with Crippen molar-refractivity contribution in [2.45, 2.75) is 27.2 Å². The van der Waals surface area contributed by atoms with Crippen LogP contribution in [0, 0.1) is 5.41 Å². The number of anilines is 1.